The van der Waals surface area contributed by atoms with Gasteiger partial charge in [0.25, 0.3) is 11.8 Å². The van der Waals surface area contributed by atoms with Crippen LogP contribution in [0.2, 0.25) is 0 Å². The smallest absolute Gasteiger partial charge is 0.317 e. The SMILES string of the molecule is CCCNC(=O)c1cccc(CNC(=O)N2CCN(C(=O)c3ccc(C)o3)CC2)c1. The van der Waals surface area contributed by atoms with Crippen LogP contribution in [-0.2, 0) is 6.54 Å². The van der Waals surface area contributed by atoms with Crippen molar-refractivity contribution < 1.29 is 18.8 Å². The maximum absolute atomic E-state index is 12.5. The quantitative estimate of drug-likeness (QED) is 0.762. The van der Waals surface area contributed by atoms with Gasteiger partial charge in [-0.3, -0.25) is 9.59 Å². The van der Waals surface area contributed by atoms with E-state index in [1.807, 2.05) is 19.1 Å². The first-order valence-electron chi connectivity index (χ1n) is 10.2. The highest BCUT2D eigenvalue weighted by Gasteiger charge is 2.26. The van der Waals surface area contributed by atoms with Gasteiger partial charge in [-0.05, 0) is 43.2 Å². The van der Waals surface area contributed by atoms with Crippen molar-refractivity contribution in [1.29, 1.82) is 0 Å². The summed E-state index contributed by atoms with van der Waals surface area (Å²) in [6.07, 6.45) is 0.876. The summed E-state index contributed by atoms with van der Waals surface area (Å²) >= 11 is 0. The van der Waals surface area contributed by atoms with Crippen molar-refractivity contribution >= 4 is 17.8 Å². The molecule has 1 saturated heterocycles. The zero-order valence-corrected chi connectivity index (χ0v) is 17.4. The van der Waals surface area contributed by atoms with Gasteiger partial charge in [-0.2, -0.15) is 0 Å². The fraction of sp³-hybridized carbons (Fsp3) is 0.409. The number of rotatable bonds is 6. The Balaban J connectivity index is 1.47. The van der Waals surface area contributed by atoms with E-state index in [9.17, 15) is 14.4 Å². The molecule has 8 heteroatoms. The van der Waals surface area contributed by atoms with Crippen LogP contribution in [0.4, 0.5) is 4.79 Å². The minimum atomic E-state index is -0.184. The summed E-state index contributed by atoms with van der Waals surface area (Å²) in [6.45, 7) is 6.59. The van der Waals surface area contributed by atoms with Crippen LogP contribution in [0.1, 0.15) is 45.6 Å². The molecule has 0 spiro atoms. The van der Waals surface area contributed by atoms with Gasteiger partial charge < -0.3 is 24.9 Å². The number of furan rings is 1. The summed E-state index contributed by atoms with van der Waals surface area (Å²) in [5, 5.41) is 5.74. The Bertz CT molecular complexity index is 900. The number of aryl methyl sites for hydroxylation is 1. The number of benzene rings is 1. The van der Waals surface area contributed by atoms with Gasteiger partial charge in [-0.1, -0.05) is 19.1 Å². The largest absolute Gasteiger partial charge is 0.456 e. The lowest BCUT2D eigenvalue weighted by atomic mass is 10.1. The highest BCUT2D eigenvalue weighted by atomic mass is 16.3. The molecule has 0 bridgehead atoms. The number of hydrogen-bond donors (Lipinski definition) is 2. The lowest BCUT2D eigenvalue weighted by molar-refractivity contribution is 0.0632. The summed E-state index contributed by atoms with van der Waals surface area (Å²) in [4.78, 5) is 40.4. The fourth-order valence-corrected chi connectivity index (χ4v) is 3.27. The lowest BCUT2D eigenvalue weighted by Crippen LogP contribution is -2.53. The van der Waals surface area contributed by atoms with Gasteiger partial charge in [0.1, 0.15) is 5.76 Å². The molecule has 160 valence electrons. The highest BCUT2D eigenvalue weighted by Crippen LogP contribution is 2.12. The molecule has 2 aromatic rings. The third kappa shape index (κ3) is 5.40. The van der Waals surface area contributed by atoms with Crippen LogP contribution >= 0.6 is 0 Å². The first kappa shape index (κ1) is 21.4. The predicted molar refractivity (Wildman–Crippen MR) is 112 cm³/mol. The van der Waals surface area contributed by atoms with Crippen LogP contribution < -0.4 is 10.6 Å². The van der Waals surface area contributed by atoms with Crippen molar-refractivity contribution in [3.63, 3.8) is 0 Å². The monoisotopic (exact) mass is 412 g/mol. The number of hydrogen-bond acceptors (Lipinski definition) is 4. The standard InChI is InChI=1S/C22H28N4O4/c1-3-9-23-20(27)18-6-4-5-17(14-18)15-24-22(29)26-12-10-25(11-13-26)21(28)19-8-7-16(2)30-19/h4-8,14H,3,9-13,15H2,1-2H3,(H,23,27)(H,24,29). The van der Waals surface area contributed by atoms with Crippen LogP contribution in [0.15, 0.2) is 40.8 Å². The molecule has 0 aliphatic carbocycles. The average Bonchev–Trinajstić information content (AvgIpc) is 3.21. The Kier molecular flexibility index (Phi) is 7.11. The van der Waals surface area contributed by atoms with Crippen molar-refractivity contribution in [1.82, 2.24) is 20.4 Å². The Morgan fingerprint density at radius 2 is 1.73 bits per heavy atom. The second kappa shape index (κ2) is 9.96. The van der Waals surface area contributed by atoms with Gasteiger partial charge >= 0.3 is 6.03 Å². The molecule has 2 N–H and O–H groups in total. The van der Waals surface area contributed by atoms with Crippen LogP contribution in [-0.4, -0.2) is 60.4 Å². The van der Waals surface area contributed by atoms with Crippen molar-refractivity contribution in [3.8, 4) is 0 Å². The van der Waals surface area contributed by atoms with E-state index in [4.69, 9.17) is 4.42 Å². The molecule has 0 radical (unpaired) electrons. The molecule has 1 aliphatic rings. The van der Waals surface area contributed by atoms with E-state index in [1.54, 1.807) is 41.0 Å². The number of carbonyl (C=O) groups is 3. The number of piperazine rings is 1. The Morgan fingerprint density at radius 1 is 1.00 bits per heavy atom. The van der Waals surface area contributed by atoms with E-state index >= 15 is 0 Å². The van der Waals surface area contributed by atoms with E-state index < -0.39 is 0 Å². The number of carbonyl (C=O) groups excluding carboxylic acids is 3. The average molecular weight is 412 g/mol. The molecule has 1 fully saturated rings. The molecule has 0 saturated carbocycles. The van der Waals surface area contributed by atoms with Crippen molar-refractivity contribution in [2.45, 2.75) is 26.8 Å². The molecular formula is C22H28N4O4. The Hall–Kier alpha value is -3.29. The van der Waals surface area contributed by atoms with Gasteiger partial charge in [0.05, 0.1) is 0 Å². The van der Waals surface area contributed by atoms with Gasteiger partial charge in [0.2, 0.25) is 0 Å². The van der Waals surface area contributed by atoms with Crippen molar-refractivity contribution in [2.24, 2.45) is 0 Å². The number of urea groups is 1. The summed E-state index contributed by atoms with van der Waals surface area (Å²) in [6, 6.07) is 10.5. The van der Waals surface area contributed by atoms with Gasteiger partial charge in [-0.25, -0.2) is 4.79 Å². The normalized spacial score (nSPS) is 13.8. The number of amides is 4. The van der Waals surface area contributed by atoms with Gasteiger partial charge in [-0.15, -0.1) is 0 Å². The summed E-state index contributed by atoms with van der Waals surface area (Å²) in [5.41, 5.74) is 1.44. The number of nitrogens with one attached hydrogen (secondary N) is 2. The minimum Gasteiger partial charge on any atom is -0.456 e. The molecule has 4 amide bonds. The highest BCUT2D eigenvalue weighted by molar-refractivity contribution is 5.94. The first-order chi connectivity index (χ1) is 14.5. The van der Waals surface area contributed by atoms with Crippen LogP contribution in [0.25, 0.3) is 0 Å². The molecule has 0 unspecified atom stereocenters. The molecule has 1 aliphatic heterocycles. The lowest BCUT2D eigenvalue weighted by Gasteiger charge is -2.34. The third-order valence-electron chi connectivity index (χ3n) is 4.97. The Labute approximate surface area is 176 Å². The third-order valence-corrected chi connectivity index (χ3v) is 4.97. The summed E-state index contributed by atoms with van der Waals surface area (Å²) in [5.74, 6) is 0.760. The fourth-order valence-electron chi connectivity index (χ4n) is 3.27. The topological polar surface area (TPSA) is 94.9 Å². The van der Waals surface area contributed by atoms with Gasteiger partial charge in [0, 0.05) is 44.8 Å². The molecular weight excluding hydrogens is 384 g/mol. The zero-order valence-electron chi connectivity index (χ0n) is 17.4. The number of nitrogens with zero attached hydrogens (tertiary/aromatic N) is 2. The van der Waals surface area contributed by atoms with Crippen LogP contribution in [0.5, 0.6) is 0 Å². The molecule has 3 rings (SSSR count). The Morgan fingerprint density at radius 3 is 2.40 bits per heavy atom. The van der Waals surface area contributed by atoms with E-state index in [0.29, 0.717) is 56.4 Å². The molecule has 2 heterocycles. The minimum absolute atomic E-state index is 0.113. The predicted octanol–water partition coefficient (Wildman–Crippen LogP) is 2.40. The second-order valence-electron chi connectivity index (χ2n) is 7.30. The maximum Gasteiger partial charge on any atom is 0.317 e. The molecule has 30 heavy (non-hydrogen) atoms. The summed E-state index contributed by atoms with van der Waals surface area (Å²) < 4.78 is 5.40. The van der Waals surface area contributed by atoms with Crippen LogP contribution in [0.3, 0.4) is 0 Å². The zero-order chi connectivity index (χ0) is 21.5. The van der Waals surface area contributed by atoms with Gasteiger partial charge in [0.15, 0.2) is 5.76 Å². The molecule has 8 nitrogen and oxygen atoms in total. The molecule has 0 atom stereocenters. The summed E-state index contributed by atoms with van der Waals surface area (Å²) in [7, 11) is 0. The maximum atomic E-state index is 12.5. The molecule has 1 aromatic carbocycles. The van der Waals surface area contributed by atoms with Crippen LogP contribution in [0, 0.1) is 6.92 Å². The van der Waals surface area contributed by atoms with Crippen molar-refractivity contribution in [3.05, 3.63) is 59.0 Å². The molecule has 1 aromatic heterocycles. The van der Waals surface area contributed by atoms with Crippen molar-refractivity contribution in [2.75, 3.05) is 32.7 Å². The van der Waals surface area contributed by atoms with E-state index in [1.165, 1.54) is 0 Å². The van der Waals surface area contributed by atoms with E-state index in [-0.39, 0.29) is 17.8 Å². The first-order valence-corrected chi connectivity index (χ1v) is 10.2. The second-order valence-corrected chi connectivity index (χ2v) is 7.30. The van der Waals surface area contributed by atoms with E-state index in [0.717, 1.165) is 12.0 Å². The van der Waals surface area contributed by atoms with E-state index in [2.05, 4.69) is 10.6 Å².